The SMILES string of the molecule is CCN1C(=O)N/C(=C\c2ccc(Br)cc2)C1=O. The van der Waals surface area contributed by atoms with Gasteiger partial charge in [0.25, 0.3) is 5.91 Å². The molecule has 1 N–H and O–H groups in total. The van der Waals surface area contributed by atoms with Gasteiger partial charge in [0.2, 0.25) is 0 Å². The highest BCUT2D eigenvalue weighted by atomic mass is 79.9. The molecule has 17 heavy (non-hydrogen) atoms. The van der Waals surface area contributed by atoms with Gasteiger partial charge in [0.1, 0.15) is 5.70 Å². The first kappa shape index (κ1) is 11.9. The quantitative estimate of drug-likeness (QED) is 0.672. The maximum atomic E-state index is 11.8. The highest BCUT2D eigenvalue weighted by Crippen LogP contribution is 2.16. The van der Waals surface area contributed by atoms with Crippen molar-refractivity contribution in [2.24, 2.45) is 0 Å². The summed E-state index contributed by atoms with van der Waals surface area (Å²) in [7, 11) is 0. The van der Waals surface area contributed by atoms with Crippen LogP contribution in [0.3, 0.4) is 0 Å². The van der Waals surface area contributed by atoms with Crippen LogP contribution in [0.15, 0.2) is 34.4 Å². The Bertz CT molecular complexity index is 494. The van der Waals surface area contributed by atoms with Crippen molar-refractivity contribution in [1.29, 1.82) is 0 Å². The number of imide groups is 1. The third kappa shape index (κ3) is 2.39. The van der Waals surface area contributed by atoms with Gasteiger partial charge in [0.05, 0.1) is 0 Å². The van der Waals surface area contributed by atoms with E-state index >= 15 is 0 Å². The fourth-order valence-corrected chi connectivity index (χ4v) is 1.85. The smallest absolute Gasteiger partial charge is 0.303 e. The summed E-state index contributed by atoms with van der Waals surface area (Å²) in [4.78, 5) is 24.4. The van der Waals surface area contributed by atoms with Gasteiger partial charge < -0.3 is 5.32 Å². The van der Waals surface area contributed by atoms with Crippen LogP contribution in [0.1, 0.15) is 12.5 Å². The van der Waals surface area contributed by atoms with E-state index in [-0.39, 0.29) is 11.9 Å². The van der Waals surface area contributed by atoms with Crippen LogP contribution in [0.4, 0.5) is 4.79 Å². The molecule has 1 aromatic rings. The highest BCUT2D eigenvalue weighted by molar-refractivity contribution is 9.10. The zero-order chi connectivity index (χ0) is 12.4. The van der Waals surface area contributed by atoms with Gasteiger partial charge in [-0.2, -0.15) is 0 Å². The Morgan fingerprint density at radius 3 is 2.47 bits per heavy atom. The van der Waals surface area contributed by atoms with Crippen LogP contribution in [0, 0.1) is 0 Å². The maximum Gasteiger partial charge on any atom is 0.328 e. The summed E-state index contributed by atoms with van der Waals surface area (Å²) in [5, 5.41) is 2.55. The summed E-state index contributed by atoms with van der Waals surface area (Å²) < 4.78 is 0.969. The van der Waals surface area contributed by atoms with Crippen molar-refractivity contribution in [3.8, 4) is 0 Å². The maximum absolute atomic E-state index is 11.8. The van der Waals surface area contributed by atoms with Gasteiger partial charge in [-0.15, -0.1) is 0 Å². The standard InChI is InChI=1S/C12H11BrN2O2/c1-2-15-11(16)10(14-12(15)17)7-8-3-5-9(13)6-4-8/h3-7H,2H2,1H3,(H,14,17)/b10-7-. The van der Waals surface area contributed by atoms with E-state index in [1.54, 1.807) is 13.0 Å². The van der Waals surface area contributed by atoms with E-state index in [0.717, 1.165) is 10.0 Å². The number of carbonyl (C=O) groups excluding carboxylic acids is 2. The number of benzene rings is 1. The number of carbonyl (C=O) groups is 2. The number of rotatable bonds is 2. The molecule has 0 aliphatic carbocycles. The van der Waals surface area contributed by atoms with Crippen LogP contribution < -0.4 is 5.32 Å². The molecular formula is C12H11BrN2O2. The second-order valence-corrected chi connectivity index (χ2v) is 4.50. The minimum absolute atomic E-state index is 0.277. The van der Waals surface area contributed by atoms with Gasteiger partial charge in [-0.05, 0) is 30.7 Å². The third-order valence-electron chi connectivity index (χ3n) is 2.46. The van der Waals surface area contributed by atoms with E-state index in [4.69, 9.17) is 0 Å². The number of urea groups is 1. The fraction of sp³-hybridized carbons (Fsp3) is 0.167. The summed E-state index contributed by atoms with van der Waals surface area (Å²) in [5.41, 5.74) is 1.19. The lowest BCUT2D eigenvalue weighted by Gasteiger charge is -2.05. The summed E-state index contributed by atoms with van der Waals surface area (Å²) in [5.74, 6) is -0.277. The Hall–Kier alpha value is -1.62. The van der Waals surface area contributed by atoms with E-state index in [2.05, 4.69) is 21.2 Å². The Balaban J connectivity index is 2.27. The molecule has 0 aromatic heterocycles. The molecule has 1 heterocycles. The monoisotopic (exact) mass is 294 g/mol. The molecule has 3 amide bonds. The predicted octanol–water partition coefficient (Wildman–Crippen LogP) is 2.36. The van der Waals surface area contributed by atoms with Gasteiger partial charge >= 0.3 is 6.03 Å². The molecule has 0 atom stereocenters. The molecule has 1 aliphatic heterocycles. The molecule has 1 fully saturated rings. The summed E-state index contributed by atoms with van der Waals surface area (Å²) in [6, 6.07) is 7.13. The van der Waals surface area contributed by atoms with Crippen LogP contribution >= 0.6 is 15.9 Å². The first-order valence-electron chi connectivity index (χ1n) is 5.22. The zero-order valence-electron chi connectivity index (χ0n) is 9.24. The Kier molecular flexibility index (Phi) is 3.28. The second kappa shape index (κ2) is 4.71. The van der Waals surface area contributed by atoms with Crippen molar-refractivity contribution < 1.29 is 9.59 Å². The van der Waals surface area contributed by atoms with E-state index in [0.29, 0.717) is 12.2 Å². The molecule has 0 spiro atoms. The van der Waals surface area contributed by atoms with Crippen LogP contribution in [0.2, 0.25) is 0 Å². The van der Waals surface area contributed by atoms with Crippen molar-refractivity contribution in [2.45, 2.75) is 6.92 Å². The van der Waals surface area contributed by atoms with Crippen molar-refractivity contribution in [2.75, 3.05) is 6.54 Å². The molecule has 5 heteroatoms. The first-order chi connectivity index (χ1) is 8.11. The third-order valence-corrected chi connectivity index (χ3v) is 2.99. The molecule has 2 rings (SSSR count). The van der Waals surface area contributed by atoms with E-state index < -0.39 is 0 Å². The number of halogens is 1. The molecular weight excluding hydrogens is 284 g/mol. The Morgan fingerprint density at radius 1 is 1.29 bits per heavy atom. The minimum atomic E-state index is -0.360. The number of hydrogen-bond acceptors (Lipinski definition) is 2. The zero-order valence-corrected chi connectivity index (χ0v) is 10.8. The van der Waals surface area contributed by atoms with Crippen molar-refractivity contribution in [3.63, 3.8) is 0 Å². The Labute approximate surface area is 107 Å². The predicted molar refractivity (Wildman–Crippen MR) is 68.0 cm³/mol. The van der Waals surface area contributed by atoms with Crippen LogP contribution in [0.5, 0.6) is 0 Å². The van der Waals surface area contributed by atoms with Gasteiger partial charge in [0.15, 0.2) is 0 Å². The van der Waals surface area contributed by atoms with Gasteiger partial charge in [-0.1, -0.05) is 28.1 Å². The van der Waals surface area contributed by atoms with Crippen LogP contribution in [-0.4, -0.2) is 23.4 Å². The lowest BCUT2D eigenvalue weighted by atomic mass is 10.2. The average molecular weight is 295 g/mol. The second-order valence-electron chi connectivity index (χ2n) is 3.59. The van der Waals surface area contributed by atoms with Crippen molar-refractivity contribution in [1.82, 2.24) is 10.2 Å². The largest absolute Gasteiger partial charge is 0.328 e. The molecule has 0 unspecified atom stereocenters. The molecule has 0 bridgehead atoms. The van der Waals surface area contributed by atoms with Crippen molar-refractivity contribution in [3.05, 3.63) is 40.0 Å². The molecule has 1 aromatic carbocycles. The number of likely N-dealkylation sites (N-methyl/N-ethyl adjacent to an activating group) is 1. The molecule has 88 valence electrons. The Morgan fingerprint density at radius 2 is 1.94 bits per heavy atom. The van der Waals surface area contributed by atoms with E-state index in [1.165, 1.54) is 4.90 Å². The van der Waals surface area contributed by atoms with Crippen molar-refractivity contribution >= 4 is 33.9 Å². The lowest BCUT2D eigenvalue weighted by Crippen LogP contribution is -2.30. The highest BCUT2D eigenvalue weighted by Gasteiger charge is 2.31. The molecule has 0 radical (unpaired) electrons. The van der Waals surface area contributed by atoms with Crippen LogP contribution in [-0.2, 0) is 4.79 Å². The molecule has 1 aliphatic rings. The summed E-state index contributed by atoms with van der Waals surface area (Å²) in [6.45, 7) is 2.14. The molecule has 4 nitrogen and oxygen atoms in total. The van der Waals surface area contributed by atoms with E-state index in [9.17, 15) is 9.59 Å². The normalized spacial score (nSPS) is 17.8. The lowest BCUT2D eigenvalue weighted by molar-refractivity contribution is -0.122. The number of nitrogens with one attached hydrogen (secondary N) is 1. The van der Waals surface area contributed by atoms with E-state index in [1.807, 2.05) is 24.3 Å². The summed E-state index contributed by atoms with van der Waals surface area (Å²) in [6.07, 6.45) is 1.67. The fourth-order valence-electron chi connectivity index (χ4n) is 1.58. The first-order valence-corrected chi connectivity index (χ1v) is 6.01. The number of amides is 3. The van der Waals surface area contributed by atoms with Gasteiger partial charge in [0, 0.05) is 11.0 Å². The molecule has 0 saturated carbocycles. The summed E-state index contributed by atoms with van der Waals surface area (Å²) >= 11 is 3.33. The molecule has 1 saturated heterocycles. The van der Waals surface area contributed by atoms with Crippen LogP contribution in [0.25, 0.3) is 6.08 Å². The topological polar surface area (TPSA) is 49.4 Å². The average Bonchev–Trinajstić information content (AvgIpc) is 2.57. The number of nitrogens with zero attached hydrogens (tertiary/aromatic N) is 1. The number of hydrogen-bond donors (Lipinski definition) is 1. The van der Waals surface area contributed by atoms with Gasteiger partial charge in [-0.3, -0.25) is 9.69 Å². The minimum Gasteiger partial charge on any atom is -0.303 e. The van der Waals surface area contributed by atoms with Gasteiger partial charge in [-0.25, -0.2) is 4.79 Å².